The molecule has 3 heteroatoms. The first-order valence-electron chi connectivity index (χ1n) is 7.18. The van der Waals surface area contributed by atoms with E-state index in [2.05, 4.69) is 24.0 Å². The number of nitrogens with zero attached hydrogens (tertiary/aromatic N) is 2. The largest absolute Gasteiger partial charge is 0.382 e. The third-order valence-electron chi connectivity index (χ3n) is 3.67. The van der Waals surface area contributed by atoms with Crippen LogP contribution < -0.4 is 4.90 Å². The van der Waals surface area contributed by atoms with Crippen molar-refractivity contribution in [2.24, 2.45) is 0 Å². The molecule has 1 aliphatic heterocycles. The summed E-state index contributed by atoms with van der Waals surface area (Å²) in [5.74, 6) is 0. The summed E-state index contributed by atoms with van der Waals surface area (Å²) in [4.78, 5) is 2.34. The van der Waals surface area contributed by atoms with Crippen LogP contribution in [0, 0.1) is 11.3 Å². The van der Waals surface area contributed by atoms with Gasteiger partial charge in [-0.25, -0.2) is 0 Å². The third kappa shape index (κ3) is 3.08. The molecule has 0 amide bonds. The Labute approximate surface area is 115 Å². The molecule has 1 aromatic rings. The van der Waals surface area contributed by atoms with Crippen molar-refractivity contribution >= 4 is 5.69 Å². The molecule has 2 rings (SSSR count). The molecule has 0 spiro atoms. The van der Waals surface area contributed by atoms with E-state index in [0.29, 0.717) is 0 Å². The Morgan fingerprint density at radius 2 is 2.21 bits per heavy atom. The van der Waals surface area contributed by atoms with Gasteiger partial charge in [0.1, 0.15) is 6.07 Å². The van der Waals surface area contributed by atoms with Gasteiger partial charge in [0.05, 0.1) is 11.3 Å². The summed E-state index contributed by atoms with van der Waals surface area (Å²) in [6.07, 6.45) is 3.08. The predicted molar refractivity (Wildman–Crippen MR) is 77.6 cm³/mol. The minimum Gasteiger partial charge on any atom is -0.382 e. The highest BCUT2D eigenvalue weighted by Gasteiger charge is 2.22. The summed E-state index contributed by atoms with van der Waals surface area (Å²) in [7, 11) is 0. The predicted octanol–water partition coefficient (Wildman–Crippen LogP) is 2.91. The topological polar surface area (TPSA) is 36.3 Å². The second-order valence-corrected chi connectivity index (χ2v) is 4.90. The molecule has 1 heterocycles. The standard InChI is InChI=1S/C16H22N2O/c1-3-13-10-14-6-8-18(7-5-9-19-4-2)16(14)15(11-13)12-17/h10-11H,3-9H2,1-2H3. The van der Waals surface area contributed by atoms with Gasteiger partial charge in [0.25, 0.3) is 0 Å². The lowest BCUT2D eigenvalue weighted by molar-refractivity contribution is 0.146. The van der Waals surface area contributed by atoms with Crippen molar-refractivity contribution in [2.45, 2.75) is 33.1 Å². The van der Waals surface area contributed by atoms with E-state index in [0.717, 1.165) is 56.8 Å². The molecule has 19 heavy (non-hydrogen) atoms. The zero-order valence-electron chi connectivity index (χ0n) is 11.9. The Kier molecular flexibility index (Phi) is 4.81. The number of benzene rings is 1. The maximum absolute atomic E-state index is 9.35. The van der Waals surface area contributed by atoms with Gasteiger partial charge >= 0.3 is 0 Å². The van der Waals surface area contributed by atoms with E-state index in [-0.39, 0.29) is 0 Å². The maximum Gasteiger partial charge on any atom is 0.101 e. The summed E-state index contributed by atoms with van der Waals surface area (Å²) in [6.45, 7) is 7.75. The van der Waals surface area contributed by atoms with Crippen LogP contribution in [0.5, 0.6) is 0 Å². The summed E-state index contributed by atoms with van der Waals surface area (Å²) >= 11 is 0. The molecule has 0 atom stereocenters. The highest BCUT2D eigenvalue weighted by Crippen LogP contribution is 2.33. The number of aryl methyl sites for hydroxylation is 1. The van der Waals surface area contributed by atoms with Crippen molar-refractivity contribution in [1.29, 1.82) is 5.26 Å². The van der Waals surface area contributed by atoms with Gasteiger partial charge in [0, 0.05) is 26.3 Å². The quantitative estimate of drug-likeness (QED) is 0.736. The fourth-order valence-electron chi connectivity index (χ4n) is 2.71. The van der Waals surface area contributed by atoms with Crippen molar-refractivity contribution in [1.82, 2.24) is 0 Å². The minimum atomic E-state index is 0.778. The molecule has 0 radical (unpaired) electrons. The first-order chi connectivity index (χ1) is 9.30. The number of hydrogen-bond donors (Lipinski definition) is 0. The van der Waals surface area contributed by atoms with Crippen molar-refractivity contribution < 1.29 is 4.74 Å². The highest BCUT2D eigenvalue weighted by molar-refractivity contribution is 5.68. The summed E-state index contributed by atoms with van der Waals surface area (Å²) in [5.41, 5.74) is 4.61. The maximum atomic E-state index is 9.35. The zero-order valence-corrected chi connectivity index (χ0v) is 11.9. The number of rotatable bonds is 6. The second-order valence-electron chi connectivity index (χ2n) is 4.90. The van der Waals surface area contributed by atoms with E-state index in [1.165, 1.54) is 11.1 Å². The highest BCUT2D eigenvalue weighted by atomic mass is 16.5. The molecule has 0 aromatic heterocycles. The van der Waals surface area contributed by atoms with Gasteiger partial charge in [-0.15, -0.1) is 0 Å². The van der Waals surface area contributed by atoms with Crippen LogP contribution >= 0.6 is 0 Å². The zero-order chi connectivity index (χ0) is 13.7. The fraction of sp³-hybridized carbons (Fsp3) is 0.562. The summed E-state index contributed by atoms with van der Waals surface area (Å²) < 4.78 is 5.38. The number of ether oxygens (including phenoxy) is 1. The Bertz CT molecular complexity index is 476. The Morgan fingerprint density at radius 1 is 1.37 bits per heavy atom. The van der Waals surface area contributed by atoms with Gasteiger partial charge in [-0.2, -0.15) is 5.26 Å². The molecule has 0 bridgehead atoms. The number of nitriles is 1. The molecule has 0 N–H and O–H groups in total. The van der Waals surface area contributed by atoms with Crippen molar-refractivity contribution in [3.8, 4) is 6.07 Å². The van der Waals surface area contributed by atoms with E-state index in [4.69, 9.17) is 4.74 Å². The van der Waals surface area contributed by atoms with Crippen LogP contribution in [-0.2, 0) is 17.6 Å². The van der Waals surface area contributed by atoms with Gasteiger partial charge in [0.15, 0.2) is 0 Å². The first-order valence-corrected chi connectivity index (χ1v) is 7.18. The van der Waals surface area contributed by atoms with Crippen LogP contribution in [0.4, 0.5) is 5.69 Å². The molecule has 0 aliphatic carbocycles. The van der Waals surface area contributed by atoms with Crippen molar-refractivity contribution in [3.05, 3.63) is 28.8 Å². The molecule has 1 aromatic carbocycles. The van der Waals surface area contributed by atoms with Crippen LogP contribution in [0.25, 0.3) is 0 Å². The van der Waals surface area contributed by atoms with Gasteiger partial charge in [-0.1, -0.05) is 13.0 Å². The smallest absolute Gasteiger partial charge is 0.101 e. The van der Waals surface area contributed by atoms with Crippen LogP contribution in [0.1, 0.15) is 37.0 Å². The normalized spacial score (nSPS) is 13.4. The fourth-order valence-corrected chi connectivity index (χ4v) is 2.71. The molecule has 1 aliphatic rings. The van der Waals surface area contributed by atoms with E-state index in [9.17, 15) is 5.26 Å². The van der Waals surface area contributed by atoms with E-state index in [1.807, 2.05) is 13.0 Å². The minimum absolute atomic E-state index is 0.778. The van der Waals surface area contributed by atoms with E-state index >= 15 is 0 Å². The monoisotopic (exact) mass is 258 g/mol. The van der Waals surface area contributed by atoms with Crippen LogP contribution in [0.2, 0.25) is 0 Å². The molecule has 0 unspecified atom stereocenters. The molecule has 3 nitrogen and oxygen atoms in total. The molecule has 102 valence electrons. The second kappa shape index (κ2) is 6.58. The van der Waals surface area contributed by atoms with Crippen LogP contribution in [0.3, 0.4) is 0 Å². The Hall–Kier alpha value is -1.53. The number of anilines is 1. The van der Waals surface area contributed by atoms with Crippen molar-refractivity contribution in [3.63, 3.8) is 0 Å². The Morgan fingerprint density at radius 3 is 2.89 bits per heavy atom. The molecular formula is C16H22N2O. The first kappa shape index (κ1) is 13.9. The lowest BCUT2D eigenvalue weighted by atomic mass is 10.0. The average molecular weight is 258 g/mol. The Balaban J connectivity index is 2.12. The number of hydrogen-bond acceptors (Lipinski definition) is 3. The molecule has 0 fully saturated rings. The van der Waals surface area contributed by atoms with Crippen molar-refractivity contribution in [2.75, 3.05) is 31.2 Å². The van der Waals surface area contributed by atoms with Gasteiger partial charge < -0.3 is 9.64 Å². The van der Waals surface area contributed by atoms with Crippen LogP contribution in [0.15, 0.2) is 12.1 Å². The SMILES string of the molecule is CCOCCCN1CCc2cc(CC)cc(C#N)c21. The molecule has 0 saturated heterocycles. The molecular weight excluding hydrogens is 236 g/mol. The molecule has 0 saturated carbocycles. The number of fused-ring (bicyclic) bond motifs is 1. The summed E-state index contributed by atoms with van der Waals surface area (Å²) in [6, 6.07) is 6.66. The summed E-state index contributed by atoms with van der Waals surface area (Å²) in [5, 5.41) is 9.35. The van der Waals surface area contributed by atoms with Gasteiger partial charge in [0.2, 0.25) is 0 Å². The van der Waals surface area contributed by atoms with E-state index < -0.39 is 0 Å². The van der Waals surface area contributed by atoms with Crippen LogP contribution in [-0.4, -0.2) is 26.3 Å². The lowest BCUT2D eigenvalue weighted by Crippen LogP contribution is -2.23. The van der Waals surface area contributed by atoms with E-state index in [1.54, 1.807) is 0 Å². The van der Waals surface area contributed by atoms with Gasteiger partial charge in [-0.3, -0.25) is 0 Å². The lowest BCUT2D eigenvalue weighted by Gasteiger charge is -2.20. The average Bonchev–Trinajstić information content (AvgIpc) is 2.85. The van der Waals surface area contributed by atoms with Gasteiger partial charge in [-0.05, 0) is 43.4 Å². The third-order valence-corrected chi connectivity index (χ3v) is 3.67.